The molecule has 0 fully saturated rings. The smallest absolute Gasteiger partial charge is 0.257 e. The molecule has 0 aliphatic carbocycles. The van der Waals surface area contributed by atoms with Gasteiger partial charge < -0.3 is 14.5 Å². The summed E-state index contributed by atoms with van der Waals surface area (Å²) in [5.74, 6) is 0.343. The normalized spacial score (nSPS) is 10.8. The van der Waals surface area contributed by atoms with Crippen molar-refractivity contribution in [2.24, 2.45) is 0 Å². The van der Waals surface area contributed by atoms with Crippen LogP contribution in [0.3, 0.4) is 0 Å². The Kier molecular flexibility index (Phi) is 6.56. The molecule has 4 aromatic rings. The highest BCUT2D eigenvalue weighted by Crippen LogP contribution is 2.34. The van der Waals surface area contributed by atoms with E-state index < -0.39 is 5.91 Å². The maximum absolute atomic E-state index is 12.6. The zero-order valence-electron chi connectivity index (χ0n) is 18.0. The quantitative estimate of drug-likeness (QED) is 0.310. The van der Waals surface area contributed by atoms with E-state index in [9.17, 15) is 4.79 Å². The summed E-state index contributed by atoms with van der Waals surface area (Å²) in [5.41, 5.74) is 5.28. The molecular formula is C24H19Cl2N3O3S. The van der Waals surface area contributed by atoms with E-state index in [4.69, 9.17) is 44.6 Å². The third kappa shape index (κ3) is 4.95. The Balaban J connectivity index is 1.52. The highest BCUT2D eigenvalue weighted by molar-refractivity contribution is 7.80. The number of thiocarbonyl (C=S) groups is 1. The number of nitrogens with zero attached hydrogens (tertiary/aromatic N) is 1. The number of hydrogen-bond acceptors (Lipinski definition) is 5. The Morgan fingerprint density at radius 1 is 1.06 bits per heavy atom. The number of hydrogen-bond donors (Lipinski definition) is 2. The van der Waals surface area contributed by atoms with Crippen molar-refractivity contribution in [3.05, 3.63) is 75.3 Å². The van der Waals surface area contributed by atoms with E-state index in [0.717, 1.165) is 22.2 Å². The van der Waals surface area contributed by atoms with Gasteiger partial charge in [0.05, 0.1) is 17.2 Å². The lowest BCUT2D eigenvalue weighted by Crippen LogP contribution is -2.34. The molecule has 0 atom stereocenters. The zero-order chi connectivity index (χ0) is 23.7. The Morgan fingerprint density at radius 3 is 2.48 bits per heavy atom. The van der Waals surface area contributed by atoms with E-state index in [0.29, 0.717) is 22.9 Å². The number of amides is 1. The number of oxazole rings is 1. The molecule has 2 N–H and O–H groups in total. The van der Waals surface area contributed by atoms with Gasteiger partial charge in [0.1, 0.15) is 5.52 Å². The van der Waals surface area contributed by atoms with Crippen LogP contribution in [0.5, 0.6) is 5.75 Å². The van der Waals surface area contributed by atoms with Gasteiger partial charge in [-0.2, -0.15) is 0 Å². The van der Waals surface area contributed by atoms with Crippen molar-refractivity contribution in [3.8, 4) is 17.2 Å². The molecule has 0 aliphatic rings. The first-order valence-electron chi connectivity index (χ1n) is 9.88. The van der Waals surface area contributed by atoms with Crippen molar-refractivity contribution >= 4 is 63.2 Å². The second-order valence-corrected chi connectivity index (χ2v) is 8.62. The van der Waals surface area contributed by atoms with Crippen LogP contribution in [-0.2, 0) is 0 Å². The van der Waals surface area contributed by atoms with Crippen molar-refractivity contribution in [2.45, 2.75) is 13.8 Å². The van der Waals surface area contributed by atoms with E-state index in [1.165, 1.54) is 19.2 Å². The summed E-state index contributed by atoms with van der Waals surface area (Å²) >= 11 is 17.6. The number of benzene rings is 3. The molecule has 0 saturated heterocycles. The molecule has 0 unspecified atom stereocenters. The number of halogens is 2. The van der Waals surface area contributed by atoms with Crippen LogP contribution in [0.4, 0.5) is 5.69 Å². The molecule has 0 aliphatic heterocycles. The Hall–Kier alpha value is -3.13. The lowest BCUT2D eigenvalue weighted by Gasteiger charge is -2.13. The summed E-state index contributed by atoms with van der Waals surface area (Å²) in [6.45, 7) is 3.93. The van der Waals surface area contributed by atoms with Gasteiger partial charge in [-0.25, -0.2) is 4.98 Å². The fourth-order valence-corrected chi connectivity index (χ4v) is 4.11. The first kappa shape index (κ1) is 23.0. The van der Waals surface area contributed by atoms with Crippen molar-refractivity contribution in [2.75, 3.05) is 12.4 Å². The largest absolute Gasteiger partial charge is 0.494 e. The third-order valence-electron chi connectivity index (χ3n) is 4.97. The second-order valence-electron chi connectivity index (χ2n) is 7.40. The maximum atomic E-state index is 12.6. The average Bonchev–Trinajstić information content (AvgIpc) is 3.18. The highest BCUT2D eigenvalue weighted by Gasteiger charge is 2.16. The number of anilines is 1. The Labute approximate surface area is 205 Å². The van der Waals surface area contributed by atoms with E-state index in [-0.39, 0.29) is 20.7 Å². The summed E-state index contributed by atoms with van der Waals surface area (Å²) in [4.78, 5) is 17.2. The molecule has 0 saturated carbocycles. The summed E-state index contributed by atoms with van der Waals surface area (Å²) < 4.78 is 11.0. The van der Waals surface area contributed by atoms with Crippen molar-refractivity contribution < 1.29 is 13.9 Å². The standard InChI is InChI=1S/C24H19Cl2N3O3S/c1-12-4-7-20-19(8-12)27-23(32-20)14-6-5-13(2)18(11-14)28-24(33)29-22(30)15-9-16(25)21(31-3)17(26)10-15/h4-11H,1-3H3,(H2,28,29,30,33). The van der Waals surface area contributed by atoms with Crippen LogP contribution in [0.2, 0.25) is 10.0 Å². The van der Waals surface area contributed by atoms with Crippen LogP contribution in [0.15, 0.2) is 52.9 Å². The van der Waals surface area contributed by atoms with Gasteiger partial charge in [0.2, 0.25) is 5.89 Å². The number of rotatable bonds is 4. The minimum Gasteiger partial charge on any atom is -0.494 e. The number of fused-ring (bicyclic) bond motifs is 1. The molecular weight excluding hydrogens is 481 g/mol. The van der Waals surface area contributed by atoms with Crippen LogP contribution in [0.25, 0.3) is 22.6 Å². The van der Waals surface area contributed by atoms with Crippen molar-refractivity contribution in [1.82, 2.24) is 10.3 Å². The molecule has 1 heterocycles. The summed E-state index contributed by atoms with van der Waals surface area (Å²) in [7, 11) is 1.45. The van der Waals surface area contributed by atoms with E-state index in [1.807, 2.05) is 50.2 Å². The van der Waals surface area contributed by atoms with Gasteiger partial charge in [-0.1, -0.05) is 35.3 Å². The van der Waals surface area contributed by atoms with Crippen molar-refractivity contribution in [3.63, 3.8) is 0 Å². The predicted octanol–water partition coefficient (Wildman–Crippen LogP) is 6.55. The van der Waals surface area contributed by atoms with Gasteiger partial charge >= 0.3 is 0 Å². The minimum absolute atomic E-state index is 0.122. The zero-order valence-corrected chi connectivity index (χ0v) is 20.3. The molecule has 0 spiro atoms. The maximum Gasteiger partial charge on any atom is 0.257 e. The topological polar surface area (TPSA) is 76.4 Å². The lowest BCUT2D eigenvalue weighted by atomic mass is 10.1. The van der Waals surface area contributed by atoms with Gasteiger partial charge in [0.15, 0.2) is 16.4 Å². The predicted molar refractivity (Wildman–Crippen MR) is 136 cm³/mol. The molecule has 33 heavy (non-hydrogen) atoms. The van der Waals surface area contributed by atoms with Gasteiger partial charge in [-0.15, -0.1) is 0 Å². The van der Waals surface area contributed by atoms with E-state index in [2.05, 4.69) is 15.6 Å². The number of nitrogens with one attached hydrogen (secondary N) is 2. The Bertz CT molecular complexity index is 1380. The Morgan fingerprint density at radius 2 is 1.79 bits per heavy atom. The van der Waals surface area contributed by atoms with Crippen LogP contribution in [0, 0.1) is 13.8 Å². The molecule has 1 aromatic heterocycles. The fraction of sp³-hybridized carbons (Fsp3) is 0.125. The summed E-state index contributed by atoms with van der Waals surface area (Å²) in [6.07, 6.45) is 0. The number of methoxy groups -OCH3 is 1. The second kappa shape index (κ2) is 9.39. The molecule has 9 heteroatoms. The summed E-state index contributed by atoms with van der Waals surface area (Å²) in [6, 6.07) is 14.5. The van der Waals surface area contributed by atoms with E-state index >= 15 is 0 Å². The minimum atomic E-state index is -0.456. The number of aromatic nitrogens is 1. The molecule has 4 rings (SSSR count). The monoisotopic (exact) mass is 499 g/mol. The number of carbonyl (C=O) groups is 1. The fourth-order valence-electron chi connectivity index (χ4n) is 3.27. The molecule has 0 radical (unpaired) electrons. The van der Waals surface area contributed by atoms with Gasteiger partial charge in [0.25, 0.3) is 5.91 Å². The van der Waals surface area contributed by atoms with Gasteiger partial charge in [-0.05, 0) is 73.6 Å². The average molecular weight is 500 g/mol. The van der Waals surface area contributed by atoms with Crippen LogP contribution in [0.1, 0.15) is 21.5 Å². The van der Waals surface area contributed by atoms with E-state index in [1.54, 1.807) is 0 Å². The molecule has 1 amide bonds. The SMILES string of the molecule is COc1c(Cl)cc(C(=O)NC(=S)Nc2cc(-c3nc4cc(C)ccc4o3)ccc2C)cc1Cl. The molecule has 168 valence electrons. The van der Waals surface area contributed by atoms with Crippen molar-refractivity contribution in [1.29, 1.82) is 0 Å². The number of ether oxygens (including phenoxy) is 1. The van der Waals surface area contributed by atoms with Crippen LogP contribution >= 0.6 is 35.4 Å². The highest BCUT2D eigenvalue weighted by atomic mass is 35.5. The number of carbonyl (C=O) groups excluding carboxylic acids is 1. The third-order valence-corrected chi connectivity index (χ3v) is 5.73. The molecule has 3 aromatic carbocycles. The first-order chi connectivity index (χ1) is 15.7. The van der Waals surface area contributed by atoms with Crippen LogP contribution in [-0.4, -0.2) is 23.1 Å². The number of aryl methyl sites for hydroxylation is 2. The first-order valence-corrected chi connectivity index (χ1v) is 11.0. The van der Waals surface area contributed by atoms with Crippen LogP contribution < -0.4 is 15.4 Å². The summed E-state index contributed by atoms with van der Waals surface area (Å²) in [5, 5.41) is 6.27. The molecule has 0 bridgehead atoms. The van der Waals surface area contributed by atoms with Gasteiger partial charge in [-0.3, -0.25) is 10.1 Å². The van der Waals surface area contributed by atoms with Gasteiger partial charge in [0, 0.05) is 16.8 Å². The lowest BCUT2D eigenvalue weighted by molar-refractivity contribution is 0.0977. The molecule has 6 nitrogen and oxygen atoms in total.